The summed E-state index contributed by atoms with van der Waals surface area (Å²) in [4.78, 5) is 4.50. The molecule has 0 saturated carbocycles. The molecule has 0 aliphatic heterocycles. The second-order valence-electron chi connectivity index (χ2n) is 5.49. The third kappa shape index (κ3) is 4.08. The number of hydrogen-bond donors (Lipinski definition) is 1. The van der Waals surface area contributed by atoms with Crippen molar-refractivity contribution in [2.75, 3.05) is 13.7 Å². The minimum absolute atomic E-state index is 0.210. The Kier molecular flexibility index (Phi) is 5.39. The molecule has 0 radical (unpaired) electrons. The first-order chi connectivity index (χ1) is 10.1. The van der Waals surface area contributed by atoms with E-state index in [0.29, 0.717) is 0 Å². The fraction of sp³-hybridized carbons (Fsp3) is 0.471. The van der Waals surface area contributed by atoms with Crippen LogP contribution in [0.3, 0.4) is 0 Å². The maximum Gasteiger partial charge on any atom is 0.122 e. The molecule has 1 unspecified atom stereocenters. The van der Waals surface area contributed by atoms with E-state index < -0.39 is 0 Å². The van der Waals surface area contributed by atoms with Crippen LogP contribution in [-0.2, 0) is 13.5 Å². The van der Waals surface area contributed by atoms with Crippen LogP contribution in [0.5, 0.6) is 5.75 Å². The van der Waals surface area contributed by atoms with Gasteiger partial charge in [-0.3, -0.25) is 0 Å². The van der Waals surface area contributed by atoms with Crippen LogP contribution in [0.1, 0.15) is 36.2 Å². The number of hydrogen-bond acceptors (Lipinski definition) is 3. The van der Waals surface area contributed by atoms with Crippen LogP contribution in [0.4, 0.5) is 0 Å². The monoisotopic (exact) mass is 287 g/mol. The topological polar surface area (TPSA) is 39.1 Å². The Balaban J connectivity index is 2.24. The largest absolute Gasteiger partial charge is 0.496 e. The van der Waals surface area contributed by atoms with Crippen molar-refractivity contribution in [3.8, 4) is 5.75 Å². The van der Waals surface area contributed by atoms with E-state index in [9.17, 15) is 0 Å². The number of rotatable bonds is 7. The number of nitrogens with one attached hydrogen (secondary N) is 1. The first-order valence-corrected chi connectivity index (χ1v) is 7.48. The quantitative estimate of drug-likeness (QED) is 0.851. The van der Waals surface area contributed by atoms with Gasteiger partial charge >= 0.3 is 0 Å². The fourth-order valence-corrected chi connectivity index (χ4v) is 2.50. The third-order valence-electron chi connectivity index (χ3n) is 3.58. The van der Waals surface area contributed by atoms with Crippen LogP contribution >= 0.6 is 0 Å². The summed E-state index contributed by atoms with van der Waals surface area (Å²) in [5.41, 5.74) is 3.55. The lowest BCUT2D eigenvalue weighted by molar-refractivity contribution is 0.404. The Bertz CT molecular complexity index is 577. The summed E-state index contributed by atoms with van der Waals surface area (Å²) in [6, 6.07) is 6.53. The van der Waals surface area contributed by atoms with Crippen LogP contribution in [0.2, 0.25) is 0 Å². The Hall–Kier alpha value is -1.81. The smallest absolute Gasteiger partial charge is 0.122 e. The molecule has 1 heterocycles. The highest BCUT2D eigenvalue weighted by Gasteiger charge is 2.16. The molecule has 0 fully saturated rings. The zero-order chi connectivity index (χ0) is 15.2. The molecule has 1 atom stereocenters. The molecule has 0 aliphatic rings. The molecule has 114 valence electrons. The van der Waals surface area contributed by atoms with Crippen LogP contribution in [0, 0.1) is 6.92 Å². The van der Waals surface area contributed by atoms with Gasteiger partial charge in [-0.25, -0.2) is 4.98 Å². The van der Waals surface area contributed by atoms with Crippen molar-refractivity contribution in [2.45, 2.75) is 32.7 Å². The van der Waals surface area contributed by atoms with E-state index in [1.807, 2.05) is 24.0 Å². The van der Waals surface area contributed by atoms with E-state index in [1.54, 1.807) is 7.11 Å². The molecule has 0 saturated heterocycles. The average Bonchev–Trinajstić information content (AvgIpc) is 2.90. The van der Waals surface area contributed by atoms with E-state index in [0.717, 1.165) is 30.8 Å². The Morgan fingerprint density at radius 2 is 2.19 bits per heavy atom. The molecule has 1 N–H and O–H groups in total. The van der Waals surface area contributed by atoms with Crippen LogP contribution < -0.4 is 10.1 Å². The highest BCUT2D eigenvalue weighted by atomic mass is 16.5. The third-order valence-corrected chi connectivity index (χ3v) is 3.58. The maximum absolute atomic E-state index is 5.49. The van der Waals surface area contributed by atoms with E-state index >= 15 is 0 Å². The first-order valence-electron chi connectivity index (χ1n) is 7.48. The number of ether oxygens (including phenoxy) is 1. The van der Waals surface area contributed by atoms with E-state index in [1.165, 1.54) is 11.1 Å². The summed E-state index contributed by atoms with van der Waals surface area (Å²) in [7, 11) is 3.73. The summed E-state index contributed by atoms with van der Waals surface area (Å²) in [5.74, 6) is 0.944. The van der Waals surface area contributed by atoms with Gasteiger partial charge < -0.3 is 14.6 Å². The van der Waals surface area contributed by atoms with Crippen molar-refractivity contribution in [2.24, 2.45) is 7.05 Å². The molecule has 1 aromatic carbocycles. The molecule has 4 heteroatoms. The second kappa shape index (κ2) is 7.27. The molecule has 0 aliphatic carbocycles. The number of aryl methyl sites for hydroxylation is 2. The van der Waals surface area contributed by atoms with Gasteiger partial charge in [0.2, 0.25) is 0 Å². The molecule has 4 nitrogen and oxygen atoms in total. The van der Waals surface area contributed by atoms with Gasteiger partial charge in [-0.2, -0.15) is 0 Å². The Morgan fingerprint density at radius 1 is 1.38 bits per heavy atom. The minimum atomic E-state index is 0.210. The summed E-state index contributed by atoms with van der Waals surface area (Å²) in [5, 5.41) is 3.59. The van der Waals surface area contributed by atoms with Crippen molar-refractivity contribution >= 4 is 0 Å². The van der Waals surface area contributed by atoms with Crippen molar-refractivity contribution in [1.29, 1.82) is 0 Å². The van der Waals surface area contributed by atoms with E-state index in [2.05, 4.69) is 42.5 Å². The molecule has 2 rings (SSSR count). The van der Waals surface area contributed by atoms with Gasteiger partial charge in [-0.15, -0.1) is 0 Å². The van der Waals surface area contributed by atoms with Gasteiger partial charge in [0.15, 0.2) is 0 Å². The summed E-state index contributed by atoms with van der Waals surface area (Å²) in [6.07, 6.45) is 5.91. The van der Waals surface area contributed by atoms with Crippen molar-refractivity contribution in [3.05, 3.63) is 47.5 Å². The maximum atomic E-state index is 5.49. The lowest BCUT2D eigenvalue weighted by Gasteiger charge is -2.18. The van der Waals surface area contributed by atoms with Crippen LogP contribution in [-0.4, -0.2) is 23.2 Å². The van der Waals surface area contributed by atoms with E-state index in [-0.39, 0.29) is 6.04 Å². The highest BCUT2D eigenvalue weighted by molar-refractivity contribution is 5.38. The number of imidazole rings is 1. The standard InChI is InChI=1S/C17H25N3O/c1-5-8-18-15(16-11-20(3)12-19-16)10-14-9-13(2)6-7-17(14)21-4/h6-7,9,11-12,15,18H,5,8,10H2,1-4H3. The van der Waals surface area contributed by atoms with Crippen molar-refractivity contribution in [1.82, 2.24) is 14.9 Å². The summed E-state index contributed by atoms with van der Waals surface area (Å²) in [6.45, 7) is 5.27. The lowest BCUT2D eigenvalue weighted by atomic mass is 10.0. The number of aromatic nitrogens is 2. The lowest BCUT2D eigenvalue weighted by Crippen LogP contribution is -2.24. The van der Waals surface area contributed by atoms with Gasteiger partial charge in [0.25, 0.3) is 0 Å². The molecular weight excluding hydrogens is 262 g/mol. The van der Waals surface area contributed by atoms with Crippen molar-refractivity contribution < 1.29 is 4.74 Å². The zero-order valence-electron chi connectivity index (χ0n) is 13.4. The Morgan fingerprint density at radius 3 is 2.81 bits per heavy atom. The average molecular weight is 287 g/mol. The minimum Gasteiger partial charge on any atom is -0.496 e. The number of benzene rings is 1. The molecule has 21 heavy (non-hydrogen) atoms. The van der Waals surface area contributed by atoms with Gasteiger partial charge in [0.05, 0.1) is 25.2 Å². The predicted molar refractivity (Wildman–Crippen MR) is 85.7 cm³/mol. The van der Waals surface area contributed by atoms with Gasteiger partial charge in [0.1, 0.15) is 5.75 Å². The molecule has 0 amide bonds. The molecule has 2 aromatic rings. The second-order valence-corrected chi connectivity index (χ2v) is 5.49. The van der Waals surface area contributed by atoms with Crippen molar-refractivity contribution in [3.63, 3.8) is 0 Å². The summed E-state index contributed by atoms with van der Waals surface area (Å²) >= 11 is 0. The number of nitrogens with zero attached hydrogens (tertiary/aromatic N) is 2. The molecule has 0 spiro atoms. The first kappa shape index (κ1) is 15.6. The zero-order valence-corrected chi connectivity index (χ0v) is 13.4. The van der Waals surface area contributed by atoms with E-state index in [4.69, 9.17) is 4.74 Å². The fourth-order valence-electron chi connectivity index (χ4n) is 2.50. The Labute approximate surface area is 127 Å². The summed E-state index contributed by atoms with van der Waals surface area (Å²) < 4.78 is 7.48. The highest BCUT2D eigenvalue weighted by Crippen LogP contribution is 2.25. The molecular formula is C17H25N3O. The van der Waals surface area contributed by atoms with Crippen LogP contribution in [0.15, 0.2) is 30.7 Å². The van der Waals surface area contributed by atoms with Gasteiger partial charge in [-0.05, 0) is 37.9 Å². The number of methoxy groups -OCH3 is 1. The predicted octanol–water partition coefficient (Wildman–Crippen LogP) is 3.02. The SMILES string of the molecule is CCCNC(Cc1cc(C)ccc1OC)c1cn(C)cn1. The molecule has 1 aromatic heterocycles. The normalized spacial score (nSPS) is 12.4. The van der Waals surface area contributed by atoms with Gasteiger partial charge in [0, 0.05) is 13.2 Å². The van der Waals surface area contributed by atoms with Crippen LogP contribution in [0.25, 0.3) is 0 Å². The molecule has 0 bridgehead atoms. The van der Waals surface area contributed by atoms with Gasteiger partial charge in [-0.1, -0.05) is 24.6 Å².